The van der Waals surface area contributed by atoms with Crippen LogP contribution in [0.15, 0.2) is 40.9 Å². The summed E-state index contributed by atoms with van der Waals surface area (Å²) in [6, 6.07) is 10.5. The van der Waals surface area contributed by atoms with Gasteiger partial charge in [-0.05, 0) is 45.3 Å². The molecular weight excluding hydrogens is 375 g/mol. The molecule has 0 aliphatic carbocycles. The zero-order valence-corrected chi connectivity index (χ0v) is 15.0. The fourth-order valence-electron chi connectivity index (χ4n) is 3.07. The Kier molecular flexibility index (Phi) is 5.38. The fourth-order valence-corrected chi connectivity index (χ4v) is 3.53. The number of phenols is 1. The second-order valence-corrected chi connectivity index (χ2v) is 6.63. The molecule has 24 heavy (non-hydrogen) atoms. The van der Waals surface area contributed by atoms with Crippen LogP contribution in [0.1, 0.15) is 17.2 Å². The van der Waals surface area contributed by atoms with Crippen molar-refractivity contribution in [2.24, 2.45) is 0 Å². The van der Waals surface area contributed by atoms with Crippen LogP contribution in [-0.4, -0.2) is 36.8 Å². The molecule has 0 bridgehead atoms. The normalized spacial score (nSPS) is 18.5. The molecule has 2 aromatic rings. The minimum Gasteiger partial charge on any atom is -0.503 e. The number of methoxy groups -OCH3 is 1. The summed E-state index contributed by atoms with van der Waals surface area (Å²) < 4.78 is 19.3. The van der Waals surface area contributed by atoms with E-state index in [9.17, 15) is 9.50 Å². The van der Waals surface area contributed by atoms with Gasteiger partial charge >= 0.3 is 0 Å². The quantitative estimate of drug-likeness (QED) is 0.833. The molecular formula is C18H20BrFN2O2. The van der Waals surface area contributed by atoms with Gasteiger partial charge in [0.1, 0.15) is 5.82 Å². The maximum absolute atomic E-state index is 13.6. The highest BCUT2D eigenvalue weighted by Crippen LogP contribution is 2.38. The molecule has 0 spiro atoms. The van der Waals surface area contributed by atoms with Crippen LogP contribution in [0.25, 0.3) is 0 Å². The van der Waals surface area contributed by atoms with Crippen LogP contribution in [0.5, 0.6) is 11.5 Å². The van der Waals surface area contributed by atoms with Crippen LogP contribution in [0.4, 0.5) is 4.39 Å². The van der Waals surface area contributed by atoms with Gasteiger partial charge < -0.3 is 15.2 Å². The highest BCUT2D eigenvalue weighted by atomic mass is 79.9. The van der Waals surface area contributed by atoms with Crippen LogP contribution >= 0.6 is 15.9 Å². The highest BCUT2D eigenvalue weighted by Gasteiger charge is 2.25. The van der Waals surface area contributed by atoms with Gasteiger partial charge in [-0.15, -0.1) is 0 Å². The molecule has 4 nitrogen and oxygen atoms in total. The molecule has 0 aromatic heterocycles. The molecule has 1 fully saturated rings. The summed E-state index contributed by atoms with van der Waals surface area (Å²) in [4.78, 5) is 2.29. The van der Waals surface area contributed by atoms with Gasteiger partial charge in [-0.1, -0.05) is 18.2 Å². The first-order valence-electron chi connectivity index (χ1n) is 7.84. The molecule has 0 saturated carbocycles. The second kappa shape index (κ2) is 7.51. The van der Waals surface area contributed by atoms with Gasteiger partial charge in [0.25, 0.3) is 0 Å². The number of nitrogens with zero attached hydrogens (tertiary/aromatic N) is 1. The summed E-state index contributed by atoms with van der Waals surface area (Å²) >= 11 is 3.45. The number of rotatable bonds is 4. The molecule has 1 aliphatic heterocycles. The number of benzene rings is 2. The van der Waals surface area contributed by atoms with Crippen molar-refractivity contribution in [3.8, 4) is 11.5 Å². The van der Waals surface area contributed by atoms with E-state index in [4.69, 9.17) is 4.74 Å². The largest absolute Gasteiger partial charge is 0.503 e. The van der Waals surface area contributed by atoms with E-state index in [1.165, 1.54) is 13.2 Å². The summed E-state index contributed by atoms with van der Waals surface area (Å²) in [5.41, 5.74) is 1.92. The summed E-state index contributed by atoms with van der Waals surface area (Å²) in [5.74, 6) is 0.321. The van der Waals surface area contributed by atoms with Crippen LogP contribution in [-0.2, 0) is 6.54 Å². The lowest BCUT2D eigenvalue weighted by Gasteiger charge is -2.36. The zero-order valence-electron chi connectivity index (χ0n) is 13.4. The van der Waals surface area contributed by atoms with Crippen molar-refractivity contribution in [2.75, 3.05) is 26.7 Å². The summed E-state index contributed by atoms with van der Waals surface area (Å²) in [6.07, 6.45) is 0. The fraction of sp³-hybridized carbons (Fsp3) is 0.333. The van der Waals surface area contributed by atoms with E-state index in [0.29, 0.717) is 16.8 Å². The number of halogens is 2. The first-order chi connectivity index (χ1) is 11.6. The van der Waals surface area contributed by atoms with Crippen LogP contribution in [0.3, 0.4) is 0 Å². The Morgan fingerprint density at radius 3 is 2.96 bits per heavy atom. The number of hydrogen-bond acceptors (Lipinski definition) is 4. The van der Waals surface area contributed by atoms with Crippen molar-refractivity contribution in [1.29, 1.82) is 0 Å². The number of phenolic OH excluding ortho intramolecular Hbond substituents is 1. The first kappa shape index (κ1) is 17.2. The Labute approximate surface area is 149 Å². The highest BCUT2D eigenvalue weighted by molar-refractivity contribution is 9.10. The molecule has 3 rings (SSSR count). The van der Waals surface area contributed by atoms with E-state index in [2.05, 4.69) is 26.1 Å². The third-order valence-corrected chi connectivity index (χ3v) is 5.23. The maximum atomic E-state index is 13.6. The molecule has 0 radical (unpaired) electrons. The maximum Gasteiger partial charge on any atom is 0.172 e. The number of aromatic hydroxyl groups is 1. The molecule has 1 atom stereocenters. The van der Waals surface area contributed by atoms with Crippen LogP contribution < -0.4 is 10.1 Å². The topological polar surface area (TPSA) is 44.7 Å². The van der Waals surface area contributed by atoms with E-state index < -0.39 is 0 Å². The van der Waals surface area contributed by atoms with Crippen LogP contribution in [0.2, 0.25) is 0 Å². The molecule has 0 amide bonds. The number of ether oxygens (including phenoxy) is 1. The molecule has 128 valence electrons. The van der Waals surface area contributed by atoms with E-state index >= 15 is 0 Å². The standard InChI is InChI=1S/C18H20BrFN2O2/c1-24-16-6-5-13(17(19)18(16)23)11-22-8-7-21-10-15(22)12-3-2-4-14(20)9-12/h2-6,9,15,21,23H,7-8,10-11H2,1H3. The molecule has 1 aliphatic rings. The van der Waals surface area contributed by atoms with Crippen molar-refractivity contribution in [3.63, 3.8) is 0 Å². The molecule has 1 unspecified atom stereocenters. The minimum atomic E-state index is -0.221. The molecule has 6 heteroatoms. The number of piperazine rings is 1. The first-order valence-corrected chi connectivity index (χ1v) is 8.64. The summed E-state index contributed by atoms with van der Waals surface area (Å²) in [5, 5.41) is 13.5. The lowest BCUT2D eigenvalue weighted by molar-refractivity contribution is 0.153. The number of hydrogen-bond donors (Lipinski definition) is 2. The van der Waals surface area contributed by atoms with Crippen molar-refractivity contribution in [2.45, 2.75) is 12.6 Å². The van der Waals surface area contributed by atoms with E-state index in [0.717, 1.165) is 30.8 Å². The van der Waals surface area contributed by atoms with Gasteiger partial charge in [0.2, 0.25) is 0 Å². The van der Waals surface area contributed by atoms with Gasteiger partial charge in [-0.25, -0.2) is 4.39 Å². The Balaban J connectivity index is 1.86. The molecule has 2 aromatic carbocycles. The third kappa shape index (κ3) is 3.55. The average Bonchev–Trinajstić information content (AvgIpc) is 2.60. The Hall–Kier alpha value is -1.63. The van der Waals surface area contributed by atoms with Crippen molar-refractivity contribution >= 4 is 15.9 Å². The molecule has 1 heterocycles. The zero-order chi connectivity index (χ0) is 17.1. The Morgan fingerprint density at radius 1 is 1.38 bits per heavy atom. The van der Waals surface area contributed by atoms with Gasteiger partial charge in [0, 0.05) is 32.2 Å². The number of nitrogens with one attached hydrogen (secondary N) is 1. The minimum absolute atomic E-state index is 0.0885. The van der Waals surface area contributed by atoms with E-state index in [1.54, 1.807) is 18.2 Å². The van der Waals surface area contributed by atoms with Crippen molar-refractivity contribution in [3.05, 3.63) is 57.8 Å². The monoisotopic (exact) mass is 394 g/mol. The predicted molar refractivity (Wildman–Crippen MR) is 94.8 cm³/mol. The average molecular weight is 395 g/mol. The second-order valence-electron chi connectivity index (χ2n) is 5.83. The van der Waals surface area contributed by atoms with Gasteiger partial charge in [0.05, 0.1) is 11.6 Å². The SMILES string of the molecule is COc1ccc(CN2CCNCC2c2cccc(F)c2)c(Br)c1O. The lowest BCUT2D eigenvalue weighted by Crippen LogP contribution is -2.45. The van der Waals surface area contributed by atoms with Crippen molar-refractivity contribution in [1.82, 2.24) is 10.2 Å². The lowest BCUT2D eigenvalue weighted by atomic mass is 10.0. The smallest absolute Gasteiger partial charge is 0.172 e. The van der Waals surface area contributed by atoms with Gasteiger partial charge in [-0.2, -0.15) is 0 Å². The third-order valence-electron chi connectivity index (χ3n) is 4.34. The molecule has 1 saturated heterocycles. The Morgan fingerprint density at radius 2 is 2.21 bits per heavy atom. The molecule has 2 N–H and O–H groups in total. The van der Waals surface area contributed by atoms with E-state index in [-0.39, 0.29) is 17.6 Å². The van der Waals surface area contributed by atoms with Crippen molar-refractivity contribution < 1.29 is 14.2 Å². The summed E-state index contributed by atoms with van der Waals surface area (Å²) in [7, 11) is 1.53. The predicted octanol–water partition coefficient (Wildman–Crippen LogP) is 3.45. The van der Waals surface area contributed by atoms with E-state index in [1.807, 2.05) is 12.1 Å². The van der Waals surface area contributed by atoms with Crippen LogP contribution in [0, 0.1) is 5.82 Å². The van der Waals surface area contributed by atoms with Gasteiger partial charge in [-0.3, -0.25) is 4.90 Å². The van der Waals surface area contributed by atoms with Gasteiger partial charge in [0.15, 0.2) is 11.5 Å². The summed E-state index contributed by atoms with van der Waals surface area (Å²) in [6.45, 7) is 3.15. The Bertz CT molecular complexity index is 726.